The maximum atomic E-state index is 13.1. The monoisotopic (exact) mass is 395 g/mol. The van der Waals surface area contributed by atoms with Crippen LogP contribution < -0.4 is 5.32 Å². The number of non-ortho nitro benzene ring substituents is 1. The average molecular weight is 395 g/mol. The van der Waals surface area contributed by atoms with Crippen molar-refractivity contribution in [1.82, 2.24) is 4.31 Å². The largest absolute Gasteiger partial charge is 0.381 e. The summed E-state index contributed by atoms with van der Waals surface area (Å²) in [4.78, 5) is 10.6. The molecular formula is C18H25N3O5S. The van der Waals surface area contributed by atoms with Gasteiger partial charge in [0.25, 0.3) is 5.69 Å². The number of nitro groups is 1. The molecule has 2 unspecified atom stereocenters. The SMILES string of the molecule is O=[N+]([O-])c1ccc(NC2CCOC(C3CC3)C2)c(S(=O)(=O)N2CCCC2)c1. The standard InChI is InChI=1S/C18H25N3O5S/c22-21(23)15-5-6-16(18(12-15)27(24,25)20-8-1-2-9-20)19-14-7-10-26-17(11-14)13-3-4-13/h5-6,12-14,17,19H,1-4,7-11H2. The fourth-order valence-corrected chi connectivity index (χ4v) is 5.69. The first-order chi connectivity index (χ1) is 12.9. The van der Waals surface area contributed by atoms with E-state index in [0.29, 0.717) is 31.3 Å². The molecule has 0 aromatic heterocycles. The molecule has 148 valence electrons. The minimum Gasteiger partial charge on any atom is -0.381 e. The summed E-state index contributed by atoms with van der Waals surface area (Å²) >= 11 is 0. The van der Waals surface area contributed by atoms with Gasteiger partial charge in [0.2, 0.25) is 10.0 Å². The summed E-state index contributed by atoms with van der Waals surface area (Å²) in [6.45, 7) is 1.58. The number of nitrogens with one attached hydrogen (secondary N) is 1. The number of sulfonamides is 1. The van der Waals surface area contributed by atoms with Gasteiger partial charge in [0, 0.05) is 37.9 Å². The molecule has 1 aliphatic carbocycles. The Hall–Kier alpha value is -1.71. The van der Waals surface area contributed by atoms with E-state index in [2.05, 4.69) is 5.32 Å². The van der Waals surface area contributed by atoms with Crippen molar-refractivity contribution in [1.29, 1.82) is 0 Å². The highest BCUT2D eigenvalue weighted by Crippen LogP contribution is 2.39. The Bertz CT molecular complexity index is 818. The Morgan fingerprint density at radius 2 is 1.93 bits per heavy atom. The lowest BCUT2D eigenvalue weighted by atomic mass is 10.00. The van der Waals surface area contributed by atoms with E-state index in [9.17, 15) is 18.5 Å². The van der Waals surface area contributed by atoms with Gasteiger partial charge in [-0.15, -0.1) is 0 Å². The van der Waals surface area contributed by atoms with E-state index in [4.69, 9.17) is 4.74 Å². The van der Waals surface area contributed by atoms with E-state index < -0.39 is 14.9 Å². The number of benzene rings is 1. The third kappa shape index (κ3) is 3.95. The van der Waals surface area contributed by atoms with Gasteiger partial charge in [0.1, 0.15) is 4.90 Å². The first kappa shape index (κ1) is 18.6. The Kier molecular flexibility index (Phi) is 5.09. The maximum absolute atomic E-state index is 13.1. The van der Waals surface area contributed by atoms with Crippen LogP contribution in [0.4, 0.5) is 11.4 Å². The summed E-state index contributed by atoms with van der Waals surface area (Å²) < 4.78 is 33.5. The van der Waals surface area contributed by atoms with Crippen LogP contribution in [0.5, 0.6) is 0 Å². The lowest BCUT2D eigenvalue weighted by Crippen LogP contribution is -2.36. The first-order valence-corrected chi connectivity index (χ1v) is 11.1. The quantitative estimate of drug-likeness (QED) is 0.587. The van der Waals surface area contributed by atoms with Crippen LogP contribution in [0.15, 0.2) is 23.1 Å². The van der Waals surface area contributed by atoms with Crippen molar-refractivity contribution >= 4 is 21.4 Å². The molecule has 1 saturated carbocycles. The van der Waals surface area contributed by atoms with Crippen LogP contribution in [0.1, 0.15) is 38.5 Å². The Balaban J connectivity index is 1.62. The number of hydrogen-bond donors (Lipinski definition) is 1. The number of anilines is 1. The van der Waals surface area contributed by atoms with Crippen molar-refractivity contribution in [2.75, 3.05) is 25.0 Å². The van der Waals surface area contributed by atoms with Gasteiger partial charge < -0.3 is 10.1 Å². The Morgan fingerprint density at radius 3 is 2.59 bits per heavy atom. The molecule has 1 aromatic rings. The summed E-state index contributed by atoms with van der Waals surface area (Å²) in [7, 11) is -3.76. The van der Waals surface area contributed by atoms with E-state index in [1.165, 1.54) is 35.3 Å². The number of ether oxygens (including phenoxy) is 1. The van der Waals surface area contributed by atoms with Crippen LogP contribution in [0.25, 0.3) is 0 Å². The fraction of sp³-hybridized carbons (Fsp3) is 0.667. The highest BCUT2D eigenvalue weighted by Gasteiger charge is 2.37. The van der Waals surface area contributed by atoms with Crippen molar-refractivity contribution in [3.63, 3.8) is 0 Å². The van der Waals surface area contributed by atoms with E-state index in [1.807, 2.05) is 0 Å². The van der Waals surface area contributed by atoms with Crippen molar-refractivity contribution in [3.8, 4) is 0 Å². The third-order valence-corrected chi connectivity index (χ3v) is 7.62. The minimum absolute atomic E-state index is 0.00747. The maximum Gasteiger partial charge on any atom is 0.270 e. The predicted molar refractivity (Wildman–Crippen MR) is 100 cm³/mol. The van der Waals surface area contributed by atoms with Crippen LogP contribution >= 0.6 is 0 Å². The molecule has 4 rings (SSSR count). The van der Waals surface area contributed by atoms with Gasteiger partial charge in [-0.25, -0.2) is 8.42 Å². The zero-order valence-electron chi connectivity index (χ0n) is 15.2. The van der Waals surface area contributed by atoms with Crippen LogP contribution in [0.3, 0.4) is 0 Å². The van der Waals surface area contributed by atoms with E-state index in [0.717, 1.165) is 25.7 Å². The lowest BCUT2D eigenvalue weighted by Gasteiger charge is -2.31. The molecule has 0 amide bonds. The van der Waals surface area contributed by atoms with Gasteiger partial charge in [-0.2, -0.15) is 4.31 Å². The number of nitrogens with zero attached hydrogens (tertiary/aromatic N) is 2. The smallest absolute Gasteiger partial charge is 0.270 e. The molecule has 0 spiro atoms. The zero-order valence-corrected chi connectivity index (χ0v) is 16.0. The van der Waals surface area contributed by atoms with Gasteiger partial charge in [-0.3, -0.25) is 10.1 Å². The van der Waals surface area contributed by atoms with Crippen LogP contribution in [-0.2, 0) is 14.8 Å². The highest BCUT2D eigenvalue weighted by molar-refractivity contribution is 7.89. The molecule has 1 aromatic carbocycles. The van der Waals surface area contributed by atoms with Gasteiger partial charge in [0.15, 0.2) is 0 Å². The first-order valence-electron chi connectivity index (χ1n) is 9.62. The summed E-state index contributed by atoms with van der Waals surface area (Å²) in [6, 6.07) is 4.19. The second-order valence-electron chi connectivity index (χ2n) is 7.66. The molecule has 27 heavy (non-hydrogen) atoms. The number of hydrogen-bond acceptors (Lipinski definition) is 6. The second-order valence-corrected chi connectivity index (χ2v) is 9.57. The molecule has 1 N–H and O–H groups in total. The van der Waals surface area contributed by atoms with E-state index >= 15 is 0 Å². The zero-order chi connectivity index (χ0) is 19.0. The molecule has 2 aliphatic heterocycles. The molecule has 2 saturated heterocycles. The van der Waals surface area contributed by atoms with Gasteiger partial charge in [-0.05, 0) is 50.5 Å². The predicted octanol–water partition coefficient (Wildman–Crippen LogP) is 2.75. The Labute approximate surface area is 159 Å². The molecule has 0 bridgehead atoms. The number of rotatable bonds is 6. The molecule has 3 fully saturated rings. The van der Waals surface area contributed by atoms with Crippen LogP contribution in [-0.4, -0.2) is 49.5 Å². The average Bonchev–Trinajstić information content (AvgIpc) is 3.35. The van der Waals surface area contributed by atoms with Crippen molar-refractivity contribution < 1.29 is 18.1 Å². The topological polar surface area (TPSA) is 102 Å². The minimum atomic E-state index is -3.76. The normalized spacial score (nSPS) is 26.8. The molecule has 8 nitrogen and oxygen atoms in total. The van der Waals surface area contributed by atoms with Gasteiger partial charge in [0.05, 0.1) is 16.7 Å². The van der Waals surface area contributed by atoms with Crippen LogP contribution in [0, 0.1) is 16.0 Å². The van der Waals surface area contributed by atoms with Gasteiger partial charge in [-0.1, -0.05) is 0 Å². The Morgan fingerprint density at radius 1 is 1.19 bits per heavy atom. The van der Waals surface area contributed by atoms with Crippen molar-refractivity contribution in [2.45, 2.75) is 55.6 Å². The van der Waals surface area contributed by atoms with E-state index in [1.54, 1.807) is 0 Å². The van der Waals surface area contributed by atoms with Crippen molar-refractivity contribution in [3.05, 3.63) is 28.3 Å². The van der Waals surface area contributed by atoms with E-state index in [-0.39, 0.29) is 22.7 Å². The molecular weight excluding hydrogens is 370 g/mol. The summed E-state index contributed by atoms with van der Waals surface area (Å²) in [5, 5.41) is 14.5. The summed E-state index contributed by atoms with van der Waals surface area (Å²) in [5.74, 6) is 0.624. The second kappa shape index (κ2) is 7.37. The summed E-state index contributed by atoms with van der Waals surface area (Å²) in [5.41, 5.74) is 0.245. The number of nitro benzene ring substituents is 1. The highest BCUT2D eigenvalue weighted by atomic mass is 32.2. The molecule has 9 heteroatoms. The summed E-state index contributed by atoms with van der Waals surface area (Å²) in [6.07, 6.45) is 5.90. The van der Waals surface area contributed by atoms with Crippen LogP contribution in [0.2, 0.25) is 0 Å². The molecule has 2 atom stereocenters. The fourth-order valence-electron chi connectivity index (χ4n) is 4.00. The lowest BCUT2D eigenvalue weighted by molar-refractivity contribution is -0.385. The molecule has 0 radical (unpaired) electrons. The molecule has 3 aliphatic rings. The van der Waals surface area contributed by atoms with Gasteiger partial charge >= 0.3 is 0 Å². The molecule has 2 heterocycles. The van der Waals surface area contributed by atoms with Crippen molar-refractivity contribution in [2.24, 2.45) is 5.92 Å². The third-order valence-electron chi connectivity index (χ3n) is 5.68.